The molecule has 0 saturated carbocycles. The van der Waals surface area contributed by atoms with Gasteiger partial charge in [0.15, 0.2) is 6.61 Å². The number of esters is 1. The SMILES string of the molecule is C[C@@H](NC(=O)COC(=O)c1ccc([N+](=O)[O-])s1)c1ccc(Cl)c(Cl)c1. The highest BCUT2D eigenvalue weighted by atomic mass is 35.5. The average Bonchev–Trinajstić information content (AvgIpc) is 3.05. The van der Waals surface area contributed by atoms with Crippen molar-refractivity contribution in [2.24, 2.45) is 0 Å². The molecule has 1 heterocycles. The zero-order valence-electron chi connectivity index (χ0n) is 12.8. The minimum absolute atomic E-state index is 0.0528. The lowest BCUT2D eigenvalue weighted by molar-refractivity contribution is -0.380. The van der Waals surface area contributed by atoms with Crippen LogP contribution in [0.3, 0.4) is 0 Å². The Bertz CT molecular complexity index is 824. The molecule has 1 aromatic carbocycles. The van der Waals surface area contributed by atoms with E-state index in [0.29, 0.717) is 21.4 Å². The number of nitrogens with zero attached hydrogens (tertiary/aromatic N) is 1. The van der Waals surface area contributed by atoms with E-state index in [1.807, 2.05) is 0 Å². The summed E-state index contributed by atoms with van der Waals surface area (Å²) in [6.07, 6.45) is 0. The van der Waals surface area contributed by atoms with Crippen molar-refractivity contribution in [3.63, 3.8) is 0 Å². The number of hydrogen-bond donors (Lipinski definition) is 1. The van der Waals surface area contributed by atoms with E-state index >= 15 is 0 Å². The normalized spacial score (nSPS) is 11.6. The van der Waals surface area contributed by atoms with E-state index in [1.54, 1.807) is 25.1 Å². The van der Waals surface area contributed by atoms with Crippen LogP contribution in [0.1, 0.15) is 28.2 Å². The van der Waals surface area contributed by atoms with Crippen molar-refractivity contribution in [1.82, 2.24) is 5.32 Å². The molecular formula is C15H12Cl2N2O5S. The van der Waals surface area contributed by atoms with Crippen LogP contribution in [-0.2, 0) is 9.53 Å². The molecule has 132 valence electrons. The molecule has 0 bridgehead atoms. The molecule has 2 rings (SSSR count). The number of ether oxygens (including phenoxy) is 1. The molecule has 0 fully saturated rings. The monoisotopic (exact) mass is 402 g/mol. The molecule has 2 aromatic rings. The van der Waals surface area contributed by atoms with Gasteiger partial charge in [-0.05, 0) is 30.7 Å². The van der Waals surface area contributed by atoms with Gasteiger partial charge in [-0.15, -0.1) is 0 Å². The lowest BCUT2D eigenvalue weighted by Gasteiger charge is -2.15. The highest BCUT2D eigenvalue weighted by Crippen LogP contribution is 2.26. The highest BCUT2D eigenvalue weighted by Gasteiger charge is 2.18. The molecule has 0 aliphatic rings. The molecule has 0 unspecified atom stereocenters. The second-order valence-electron chi connectivity index (χ2n) is 4.93. The number of halogens is 2. The first-order valence-corrected chi connectivity index (χ1v) is 8.51. The second-order valence-corrected chi connectivity index (χ2v) is 6.81. The van der Waals surface area contributed by atoms with E-state index in [2.05, 4.69) is 5.32 Å². The first kappa shape index (κ1) is 19.2. The number of amides is 1. The summed E-state index contributed by atoms with van der Waals surface area (Å²) in [5.74, 6) is -1.31. The molecule has 1 aromatic heterocycles. The third kappa shape index (κ3) is 5.15. The lowest BCUT2D eigenvalue weighted by Crippen LogP contribution is -2.31. The van der Waals surface area contributed by atoms with Gasteiger partial charge in [-0.1, -0.05) is 40.6 Å². The van der Waals surface area contributed by atoms with Crippen LogP contribution in [0.25, 0.3) is 0 Å². The Morgan fingerprint density at radius 3 is 2.60 bits per heavy atom. The Hall–Kier alpha value is -2.16. The van der Waals surface area contributed by atoms with E-state index in [0.717, 1.165) is 5.56 Å². The summed E-state index contributed by atoms with van der Waals surface area (Å²) in [6.45, 7) is 1.23. The van der Waals surface area contributed by atoms with Crippen LogP contribution in [0.5, 0.6) is 0 Å². The summed E-state index contributed by atoms with van der Waals surface area (Å²) < 4.78 is 4.85. The molecule has 10 heteroatoms. The van der Waals surface area contributed by atoms with Crippen LogP contribution in [-0.4, -0.2) is 23.4 Å². The number of carbonyl (C=O) groups excluding carboxylic acids is 2. The zero-order chi connectivity index (χ0) is 18.6. The molecule has 0 aliphatic carbocycles. The van der Waals surface area contributed by atoms with Gasteiger partial charge in [0.1, 0.15) is 4.88 Å². The van der Waals surface area contributed by atoms with Gasteiger partial charge in [-0.3, -0.25) is 14.9 Å². The third-order valence-corrected chi connectivity index (χ3v) is 4.88. The number of rotatable bonds is 6. The number of carbonyl (C=O) groups is 2. The predicted octanol–water partition coefficient (Wildman–Crippen LogP) is 4.00. The average molecular weight is 403 g/mol. The van der Waals surface area contributed by atoms with Gasteiger partial charge in [0.25, 0.3) is 5.91 Å². The predicted molar refractivity (Wildman–Crippen MR) is 94.3 cm³/mol. The maximum absolute atomic E-state index is 11.9. The van der Waals surface area contributed by atoms with Crippen molar-refractivity contribution in [2.45, 2.75) is 13.0 Å². The van der Waals surface area contributed by atoms with Crippen LogP contribution in [0.15, 0.2) is 30.3 Å². The topological polar surface area (TPSA) is 98.5 Å². The molecule has 1 atom stereocenters. The Morgan fingerprint density at radius 2 is 2.00 bits per heavy atom. The van der Waals surface area contributed by atoms with Crippen LogP contribution < -0.4 is 5.32 Å². The molecule has 1 amide bonds. The number of thiophene rings is 1. The Balaban J connectivity index is 1.87. The number of hydrogen-bond acceptors (Lipinski definition) is 6. The Labute approximate surface area is 156 Å². The van der Waals surface area contributed by atoms with Gasteiger partial charge in [-0.25, -0.2) is 4.79 Å². The highest BCUT2D eigenvalue weighted by molar-refractivity contribution is 7.17. The standard InChI is InChI=1S/C15H12Cl2N2O5S/c1-8(9-2-3-10(16)11(17)6-9)18-13(20)7-24-15(21)12-4-5-14(25-12)19(22)23/h2-6,8H,7H2,1H3,(H,18,20)/t8-/m1/s1. The Kier molecular flexibility index (Phi) is 6.35. The fourth-order valence-corrected chi connectivity index (χ4v) is 2.91. The molecule has 0 aliphatic heterocycles. The van der Waals surface area contributed by atoms with Crippen LogP contribution in [0.2, 0.25) is 10.0 Å². The number of nitro groups is 1. The molecule has 7 nitrogen and oxygen atoms in total. The van der Waals surface area contributed by atoms with Crippen molar-refractivity contribution < 1.29 is 19.2 Å². The van der Waals surface area contributed by atoms with Crippen molar-refractivity contribution in [1.29, 1.82) is 0 Å². The van der Waals surface area contributed by atoms with Crippen molar-refractivity contribution in [3.05, 3.63) is 60.9 Å². The fourth-order valence-electron chi connectivity index (χ4n) is 1.89. The van der Waals surface area contributed by atoms with Crippen molar-refractivity contribution >= 4 is 51.4 Å². The summed E-state index contributed by atoms with van der Waals surface area (Å²) in [5.41, 5.74) is 0.739. The summed E-state index contributed by atoms with van der Waals surface area (Å²) in [6, 6.07) is 7.08. The molecule has 0 radical (unpaired) electrons. The van der Waals surface area contributed by atoms with E-state index < -0.39 is 23.4 Å². The van der Waals surface area contributed by atoms with Gasteiger partial charge in [-0.2, -0.15) is 0 Å². The molecule has 25 heavy (non-hydrogen) atoms. The minimum Gasteiger partial charge on any atom is -0.451 e. The first-order chi connectivity index (χ1) is 11.8. The molecule has 1 N–H and O–H groups in total. The van der Waals surface area contributed by atoms with Gasteiger partial charge in [0.2, 0.25) is 0 Å². The van der Waals surface area contributed by atoms with Crippen LogP contribution in [0.4, 0.5) is 5.00 Å². The van der Waals surface area contributed by atoms with E-state index in [-0.39, 0.29) is 15.9 Å². The maximum atomic E-state index is 11.9. The van der Waals surface area contributed by atoms with Crippen molar-refractivity contribution in [2.75, 3.05) is 6.61 Å². The number of nitrogens with one attached hydrogen (secondary N) is 1. The maximum Gasteiger partial charge on any atom is 0.349 e. The van der Waals surface area contributed by atoms with Gasteiger partial charge in [0.05, 0.1) is 21.0 Å². The van der Waals surface area contributed by atoms with Crippen LogP contribution in [0, 0.1) is 10.1 Å². The minimum atomic E-state index is -0.796. The molecular weight excluding hydrogens is 391 g/mol. The van der Waals surface area contributed by atoms with Gasteiger partial charge in [0, 0.05) is 6.07 Å². The summed E-state index contributed by atoms with van der Waals surface area (Å²) in [4.78, 5) is 33.7. The Morgan fingerprint density at radius 1 is 1.28 bits per heavy atom. The first-order valence-electron chi connectivity index (χ1n) is 6.93. The van der Waals surface area contributed by atoms with E-state index in [1.165, 1.54) is 12.1 Å². The molecule has 0 spiro atoms. The largest absolute Gasteiger partial charge is 0.451 e. The summed E-state index contributed by atoms with van der Waals surface area (Å²) in [5, 5.41) is 13.8. The van der Waals surface area contributed by atoms with Crippen LogP contribution >= 0.6 is 34.5 Å². The number of benzene rings is 1. The van der Waals surface area contributed by atoms with Gasteiger partial charge >= 0.3 is 11.0 Å². The summed E-state index contributed by atoms with van der Waals surface area (Å²) in [7, 11) is 0. The van der Waals surface area contributed by atoms with Crippen molar-refractivity contribution in [3.8, 4) is 0 Å². The fraction of sp³-hybridized carbons (Fsp3) is 0.200. The lowest BCUT2D eigenvalue weighted by atomic mass is 10.1. The quantitative estimate of drug-likeness (QED) is 0.447. The zero-order valence-corrected chi connectivity index (χ0v) is 15.2. The van der Waals surface area contributed by atoms with E-state index in [9.17, 15) is 19.7 Å². The third-order valence-electron chi connectivity index (χ3n) is 3.13. The van der Waals surface area contributed by atoms with E-state index in [4.69, 9.17) is 27.9 Å². The van der Waals surface area contributed by atoms with Gasteiger partial charge < -0.3 is 10.1 Å². The molecule has 0 saturated heterocycles. The summed E-state index contributed by atoms with van der Waals surface area (Å²) >= 11 is 12.4. The second kappa shape index (κ2) is 8.28. The smallest absolute Gasteiger partial charge is 0.349 e.